The Bertz CT molecular complexity index is 352. The second-order valence-corrected chi connectivity index (χ2v) is 5.22. The highest BCUT2D eigenvalue weighted by Gasteiger charge is 2.46. The number of hydrogen-bond donors (Lipinski definition) is 2. The van der Waals surface area contributed by atoms with E-state index in [9.17, 15) is 15.0 Å². The van der Waals surface area contributed by atoms with Crippen LogP contribution in [-0.2, 0) is 4.79 Å². The molecule has 0 aromatic carbocycles. The van der Waals surface area contributed by atoms with E-state index < -0.39 is 17.1 Å². The summed E-state index contributed by atoms with van der Waals surface area (Å²) >= 11 is 0. The summed E-state index contributed by atoms with van der Waals surface area (Å²) in [5, 5.41) is 20.3. The van der Waals surface area contributed by atoms with E-state index in [2.05, 4.69) is 0 Å². The maximum atomic E-state index is 10.9. The molecule has 0 fully saturated rings. The van der Waals surface area contributed by atoms with E-state index in [-0.39, 0.29) is 5.78 Å². The Balaban J connectivity index is 3.16. The number of aliphatic hydroxyl groups excluding tert-OH is 1. The van der Waals surface area contributed by atoms with Crippen molar-refractivity contribution < 1.29 is 15.0 Å². The summed E-state index contributed by atoms with van der Waals surface area (Å²) in [4.78, 5) is 10.9. The molecule has 0 saturated heterocycles. The fraction of sp³-hybridized carbons (Fsp3) is 0.615. The lowest BCUT2D eigenvalue weighted by Gasteiger charge is -2.46. The van der Waals surface area contributed by atoms with E-state index in [4.69, 9.17) is 0 Å². The van der Waals surface area contributed by atoms with Crippen molar-refractivity contribution in [2.45, 2.75) is 45.8 Å². The van der Waals surface area contributed by atoms with Gasteiger partial charge in [-0.05, 0) is 38.0 Å². The lowest BCUT2D eigenvalue weighted by Crippen LogP contribution is -2.48. The molecule has 3 heteroatoms. The van der Waals surface area contributed by atoms with Crippen molar-refractivity contribution in [3.05, 3.63) is 23.8 Å². The minimum absolute atomic E-state index is 0.0943. The molecule has 0 amide bonds. The zero-order valence-electron chi connectivity index (χ0n) is 10.3. The van der Waals surface area contributed by atoms with Crippen LogP contribution in [0.1, 0.15) is 34.1 Å². The summed E-state index contributed by atoms with van der Waals surface area (Å²) in [6.07, 6.45) is 4.52. The van der Waals surface area contributed by atoms with Crippen molar-refractivity contribution in [3.8, 4) is 0 Å². The van der Waals surface area contributed by atoms with Crippen molar-refractivity contribution in [2.24, 2.45) is 5.41 Å². The van der Waals surface area contributed by atoms with Crippen LogP contribution in [-0.4, -0.2) is 27.7 Å². The molecule has 90 valence electrons. The third-order valence-electron chi connectivity index (χ3n) is 3.35. The van der Waals surface area contributed by atoms with Crippen LogP contribution in [0.5, 0.6) is 0 Å². The van der Waals surface area contributed by atoms with Crippen molar-refractivity contribution in [1.82, 2.24) is 0 Å². The van der Waals surface area contributed by atoms with E-state index in [0.717, 1.165) is 0 Å². The fourth-order valence-corrected chi connectivity index (χ4v) is 2.28. The van der Waals surface area contributed by atoms with Crippen LogP contribution >= 0.6 is 0 Å². The van der Waals surface area contributed by atoms with Gasteiger partial charge in [-0.15, -0.1) is 0 Å². The Morgan fingerprint density at radius 3 is 2.56 bits per heavy atom. The standard InChI is InChI=1S/C13H20O3/c1-9-7-11(15)8-12(3,4)13(9,16)6-5-10(2)14/h5-7,11,15-16H,8H2,1-4H3. The predicted molar refractivity (Wildman–Crippen MR) is 62.9 cm³/mol. The normalized spacial score (nSPS) is 33.9. The maximum Gasteiger partial charge on any atom is 0.152 e. The van der Waals surface area contributed by atoms with Gasteiger partial charge in [0.25, 0.3) is 0 Å². The van der Waals surface area contributed by atoms with Crippen molar-refractivity contribution in [3.63, 3.8) is 0 Å². The zero-order valence-corrected chi connectivity index (χ0v) is 10.3. The molecular formula is C13H20O3. The first-order valence-electron chi connectivity index (χ1n) is 5.48. The topological polar surface area (TPSA) is 57.5 Å². The van der Waals surface area contributed by atoms with Gasteiger partial charge in [0.2, 0.25) is 0 Å². The summed E-state index contributed by atoms with van der Waals surface area (Å²) < 4.78 is 0. The van der Waals surface area contributed by atoms with Gasteiger partial charge in [-0.25, -0.2) is 0 Å². The lowest BCUT2D eigenvalue weighted by atomic mass is 9.64. The quantitative estimate of drug-likeness (QED) is 0.553. The Hall–Kier alpha value is -0.930. The lowest BCUT2D eigenvalue weighted by molar-refractivity contribution is -0.112. The van der Waals surface area contributed by atoms with Gasteiger partial charge in [0, 0.05) is 5.41 Å². The summed E-state index contributed by atoms with van der Waals surface area (Å²) in [6.45, 7) is 6.99. The van der Waals surface area contributed by atoms with E-state index in [1.54, 1.807) is 13.0 Å². The summed E-state index contributed by atoms with van der Waals surface area (Å²) in [5.74, 6) is -0.0943. The van der Waals surface area contributed by atoms with Gasteiger partial charge < -0.3 is 10.2 Å². The largest absolute Gasteiger partial charge is 0.389 e. The third-order valence-corrected chi connectivity index (χ3v) is 3.35. The molecule has 3 nitrogen and oxygen atoms in total. The van der Waals surface area contributed by atoms with Gasteiger partial charge in [-0.3, -0.25) is 4.79 Å². The molecule has 2 atom stereocenters. The molecule has 0 radical (unpaired) electrons. The first-order chi connectivity index (χ1) is 7.19. The number of ketones is 1. The molecular weight excluding hydrogens is 204 g/mol. The van der Waals surface area contributed by atoms with E-state index in [1.165, 1.54) is 19.1 Å². The first-order valence-corrected chi connectivity index (χ1v) is 5.48. The van der Waals surface area contributed by atoms with E-state index in [1.807, 2.05) is 13.8 Å². The van der Waals surface area contributed by atoms with Crippen molar-refractivity contribution in [1.29, 1.82) is 0 Å². The van der Waals surface area contributed by atoms with Crippen LogP contribution in [0.25, 0.3) is 0 Å². The molecule has 0 bridgehead atoms. The summed E-state index contributed by atoms with van der Waals surface area (Å²) in [7, 11) is 0. The van der Waals surface area contributed by atoms with Gasteiger partial charge in [-0.1, -0.05) is 19.9 Å². The van der Waals surface area contributed by atoms with Gasteiger partial charge in [0.1, 0.15) is 5.60 Å². The number of carbonyl (C=O) groups excluding carboxylic acids is 1. The molecule has 0 saturated carbocycles. The van der Waals surface area contributed by atoms with Gasteiger partial charge in [0.15, 0.2) is 5.78 Å². The molecule has 0 aromatic heterocycles. The van der Waals surface area contributed by atoms with Gasteiger partial charge >= 0.3 is 0 Å². The smallest absolute Gasteiger partial charge is 0.152 e. The first kappa shape index (κ1) is 13.1. The average molecular weight is 224 g/mol. The van der Waals surface area contributed by atoms with Crippen LogP contribution < -0.4 is 0 Å². The SMILES string of the molecule is CC(=O)C=CC1(O)C(C)=CC(O)CC1(C)C. The van der Waals surface area contributed by atoms with E-state index in [0.29, 0.717) is 12.0 Å². The molecule has 16 heavy (non-hydrogen) atoms. The van der Waals surface area contributed by atoms with E-state index >= 15 is 0 Å². The summed E-state index contributed by atoms with van der Waals surface area (Å²) in [6, 6.07) is 0. The molecule has 0 heterocycles. The second-order valence-electron chi connectivity index (χ2n) is 5.22. The molecule has 0 aromatic rings. The Labute approximate surface area is 96.5 Å². The van der Waals surface area contributed by atoms with Crippen LogP contribution in [0.3, 0.4) is 0 Å². The average Bonchev–Trinajstić information content (AvgIpc) is 2.10. The molecule has 0 spiro atoms. The molecule has 2 unspecified atom stereocenters. The number of aliphatic hydroxyl groups is 2. The Kier molecular flexibility index (Phi) is 3.41. The zero-order chi connectivity index (χ0) is 12.6. The molecule has 2 N–H and O–H groups in total. The van der Waals surface area contributed by atoms with Crippen molar-refractivity contribution >= 4 is 5.78 Å². The molecule has 1 aliphatic carbocycles. The predicted octanol–water partition coefficient (Wildman–Crippen LogP) is 1.60. The van der Waals surface area contributed by atoms with Crippen LogP contribution in [0.2, 0.25) is 0 Å². The Morgan fingerprint density at radius 1 is 1.56 bits per heavy atom. The molecule has 1 rings (SSSR count). The van der Waals surface area contributed by atoms with Crippen LogP contribution in [0.15, 0.2) is 23.8 Å². The second kappa shape index (κ2) is 4.15. The minimum atomic E-state index is -1.15. The van der Waals surface area contributed by atoms with Gasteiger partial charge in [0.05, 0.1) is 6.10 Å². The summed E-state index contributed by atoms with van der Waals surface area (Å²) in [5.41, 5.74) is -0.955. The highest BCUT2D eigenvalue weighted by Crippen LogP contribution is 2.45. The number of carbonyl (C=O) groups is 1. The number of allylic oxidation sites excluding steroid dienone is 1. The highest BCUT2D eigenvalue weighted by molar-refractivity contribution is 5.87. The Morgan fingerprint density at radius 2 is 2.12 bits per heavy atom. The van der Waals surface area contributed by atoms with Crippen LogP contribution in [0.4, 0.5) is 0 Å². The maximum absolute atomic E-state index is 10.9. The minimum Gasteiger partial charge on any atom is -0.389 e. The van der Waals surface area contributed by atoms with Crippen LogP contribution in [0, 0.1) is 5.41 Å². The van der Waals surface area contributed by atoms with Crippen molar-refractivity contribution in [2.75, 3.05) is 0 Å². The fourth-order valence-electron chi connectivity index (χ4n) is 2.28. The highest BCUT2D eigenvalue weighted by atomic mass is 16.3. The number of rotatable bonds is 2. The molecule has 1 aliphatic rings. The monoisotopic (exact) mass is 224 g/mol. The van der Waals surface area contributed by atoms with Gasteiger partial charge in [-0.2, -0.15) is 0 Å². The molecule has 0 aliphatic heterocycles. The third kappa shape index (κ3) is 2.25. The number of hydrogen-bond acceptors (Lipinski definition) is 3.